The Balaban J connectivity index is 0.000000318. The van der Waals surface area contributed by atoms with Gasteiger partial charge >= 0.3 is 12.1 Å². The quantitative estimate of drug-likeness (QED) is 0.795. The van der Waals surface area contributed by atoms with Crippen LogP contribution in [0.4, 0.5) is 13.2 Å². The van der Waals surface area contributed by atoms with Gasteiger partial charge in [0.1, 0.15) is 0 Å². The van der Waals surface area contributed by atoms with E-state index in [1.807, 2.05) is 0 Å². The van der Waals surface area contributed by atoms with Crippen LogP contribution < -0.4 is 0 Å². The molecule has 1 aromatic rings. The van der Waals surface area contributed by atoms with Crippen molar-refractivity contribution in [1.82, 2.24) is 9.80 Å². The molecule has 0 bridgehead atoms. The number of aliphatic carboxylic acids is 1. The number of alkyl halides is 3. The fourth-order valence-corrected chi connectivity index (χ4v) is 4.63. The maximum Gasteiger partial charge on any atom is 0.490 e. The van der Waals surface area contributed by atoms with E-state index in [4.69, 9.17) is 14.6 Å². The smallest absolute Gasteiger partial charge is 0.475 e. The topological polar surface area (TPSA) is 53.0 Å². The van der Waals surface area contributed by atoms with Gasteiger partial charge in [0.2, 0.25) is 0 Å². The predicted octanol–water partition coefficient (Wildman–Crippen LogP) is 3.58. The van der Waals surface area contributed by atoms with Crippen LogP contribution in [0.5, 0.6) is 0 Å². The van der Waals surface area contributed by atoms with Gasteiger partial charge in [0.25, 0.3) is 0 Å². The van der Waals surface area contributed by atoms with Crippen LogP contribution in [0.1, 0.15) is 37.7 Å². The van der Waals surface area contributed by atoms with E-state index in [1.54, 1.807) is 0 Å². The zero-order chi connectivity index (χ0) is 21.6. The number of ether oxygens (including phenoxy) is 1. The number of rotatable bonds is 4. The Morgan fingerprint density at radius 3 is 2.27 bits per heavy atom. The van der Waals surface area contributed by atoms with Gasteiger partial charge in [0, 0.05) is 25.7 Å². The van der Waals surface area contributed by atoms with Crippen molar-refractivity contribution >= 4 is 5.97 Å². The van der Waals surface area contributed by atoms with Crippen LogP contribution in [0.2, 0.25) is 0 Å². The molecule has 0 amide bonds. The first-order chi connectivity index (χ1) is 14.3. The van der Waals surface area contributed by atoms with E-state index in [-0.39, 0.29) is 5.60 Å². The number of halogens is 3. The summed E-state index contributed by atoms with van der Waals surface area (Å²) in [5.41, 5.74) is 1.66. The lowest BCUT2D eigenvalue weighted by atomic mass is 9.87. The maximum absolute atomic E-state index is 10.6. The molecule has 1 spiro atoms. The van der Waals surface area contributed by atoms with Gasteiger partial charge in [0.15, 0.2) is 0 Å². The summed E-state index contributed by atoms with van der Waals surface area (Å²) in [6.45, 7) is 7.18. The van der Waals surface area contributed by atoms with Gasteiger partial charge in [0.05, 0.1) is 12.2 Å². The highest BCUT2D eigenvalue weighted by atomic mass is 19.4. The molecule has 1 unspecified atom stereocenters. The molecule has 3 fully saturated rings. The van der Waals surface area contributed by atoms with Crippen LogP contribution in [-0.2, 0) is 16.0 Å². The largest absolute Gasteiger partial charge is 0.490 e. The minimum atomic E-state index is -5.08. The average Bonchev–Trinajstić information content (AvgIpc) is 3.39. The molecule has 30 heavy (non-hydrogen) atoms. The Hall–Kier alpha value is -1.64. The van der Waals surface area contributed by atoms with Crippen molar-refractivity contribution in [2.75, 3.05) is 39.3 Å². The molecule has 1 atom stereocenters. The van der Waals surface area contributed by atoms with E-state index in [1.165, 1.54) is 76.8 Å². The van der Waals surface area contributed by atoms with E-state index in [0.717, 1.165) is 6.61 Å². The maximum atomic E-state index is 10.6. The third-order valence-corrected chi connectivity index (χ3v) is 6.42. The average molecular weight is 428 g/mol. The van der Waals surface area contributed by atoms with E-state index >= 15 is 0 Å². The standard InChI is InChI=1S/C20H30N2O.C2HF3O2/c1-2-6-18(7-3-1)8-13-21-14-9-20(10-15-21)16-19(17-23-20)22-11-4-5-12-22;3-2(4,5)1(6)7/h1-3,6-7,19H,4-5,8-17H2;(H,6,7). The van der Waals surface area contributed by atoms with Crippen molar-refractivity contribution in [2.45, 2.75) is 56.3 Å². The molecular weight excluding hydrogens is 397 g/mol. The molecule has 0 radical (unpaired) electrons. The zero-order valence-electron chi connectivity index (χ0n) is 17.2. The zero-order valence-corrected chi connectivity index (χ0v) is 17.2. The van der Waals surface area contributed by atoms with Crippen molar-refractivity contribution in [3.63, 3.8) is 0 Å². The highest BCUT2D eigenvalue weighted by Crippen LogP contribution is 2.38. The summed E-state index contributed by atoms with van der Waals surface area (Å²) in [5.74, 6) is -2.76. The van der Waals surface area contributed by atoms with E-state index in [2.05, 4.69) is 40.1 Å². The molecule has 4 rings (SSSR count). The number of carbonyl (C=O) groups is 1. The molecule has 5 nitrogen and oxygen atoms in total. The fraction of sp³-hybridized carbons (Fsp3) is 0.682. The minimum Gasteiger partial charge on any atom is -0.475 e. The van der Waals surface area contributed by atoms with Crippen molar-refractivity contribution in [2.24, 2.45) is 0 Å². The van der Waals surface area contributed by atoms with Crippen LogP contribution in [0, 0.1) is 0 Å². The third-order valence-electron chi connectivity index (χ3n) is 6.42. The van der Waals surface area contributed by atoms with Gasteiger partial charge in [-0.3, -0.25) is 4.90 Å². The Morgan fingerprint density at radius 2 is 1.70 bits per heavy atom. The third kappa shape index (κ3) is 6.43. The fourth-order valence-electron chi connectivity index (χ4n) is 4.63. The molecule has 3 saturated heterocycles. The molecule has 3 aliphatic rings. The molecule has 8 heteroatoms. The summed E-state index contributed by atoms with van der Waals surface area (Å²) in [4.78, 5) is 14.2. The molecule has 0 saturated carbocycles. The van der Waals surface area contributed by atoms with Crippen LogP contribution in [0.25, 0.3) is 0 Å². The van der Waals surface area contributed by atoms with Crippen molar-refractivity contribution < 1.29 is 27.8 Å². The van der Waals surface area contributed by atoms with E-state index < -0.39 is 12.1 Å². The Bertz CT molecular complexity index is 670. The monoisotopic (exact) mass is 428 g/mol. The molecule has 0 aromatic heterocycles. The number of benzene rings is 1. The highest BCUT2D eigenvalue weighted by molar-refractivity contribution is 5.73. The number of carboxylic acids is 1. The number of hydrogen-bond acceptors (Lipinski definition) is 4. The Labute approximate surface area is 175 Å². The summed E-state index contributed by atoms with van der Waals surface area (Å²) in [6, 6.07) is 11.6. The number of hydrogen-bond donors (Lipinski definition) is 1. The lowest BCUT2D eigenvalue weighted by Gasteiger charge is -2.39. The van der Waals surface area contributed by atoms with E-state index in [0.29, 0.717) is 6.04 Å². The summed E-state index contributed by atoms with van der Waals surface area (Å²) < 4.78 is 38.1. The first-order valence-corrected chi connectivity index (χ1v) is 10.7. The first-order valence-electron chi connectivity index (χ1n) is 10.7. The first kappa shape index (κ1) is 23.0. The van der Waals surface area contributed by atoms with Crippen LogP contribution in [-0.4, -0.2) is 78.0 Å². The summed E-state index contributed by atoms with van der Waals surface area (Å²) in [5, 5.41) is 7.12. The Kier molecular flexibility index (Phi) is 7.76. The second-order valence-corrected chi connectivity index (χ2v) is 8.48. The van der Waals surface area contributed by atoms with Crippen molar-refractivity contribution in [3.8, 4) is 0 Å². The number of piperidine rings is 1. The minimum absolute atomic E-state index is 0.205. The van der Waals surface area contributed by atoms with Crippen molar-refractivity contribution in [1.29, 1.82) is 0 Å². The molecule has 168 valence electrons. The van der Waals surface area contributed by atoms with Crippen LogP contribution >= 0.6 is 0 Å². The molecule has 1 aromatic carbocycles. The molecule has 3 aliphatic heterocycles. The second-order valence-electron chi connectivity index (χ2n) is 8.48. The normalized spacial score (nSPS) is 24.6. The van der Waals surface area contributed by atoms with Gasteiger partial charge < -0.3 is 14.7 Å². The predicted molar refractivity (Wildman–Crippen MR) is 107 cm³/mol. The van der Waals surface area contributed by atoms with Crippen LogP contribution in [0.3, 0.4) is 0 Å². The summed E-state index contributed by atoms with van der Waals surface area (Å²) in [7, 11) is 0. The summed E-state index contributed by atoms with van der Waals surface area (Å²) >= 11 is 0. The molecule has 0 aliphatic carbocycles. The number of nitrogens with zero attached hydrogens (tertiary/aromatic N) is 2. The van der Waals surface area contributed by atoms with Gasteiger partial charge in [-0.25, -0.2) is 4.79 Å². The van der Waals surface area contributed by atoms with Gasteiger partial charge in [-0.05, 0) is 57.2 Å². The van der Waals surface area contributed by atoms with Gasteiger partial charge in [-0.1, -0.05) is 30.3 Å². The Morgan fingerprint density at radius 1 is 1.10 bits per heavy atom. The van der Waals surface area contributed by atoms with Crippen LogP contribution in [0.15, 0.2) is 30.3 Å². The van der Waals surface area contributed by atoms with Crippen molar-refractivity contribution in [3.05, 3.63) is 35.9 Å². The lowest BCUT2D eigenvalue weighted by molar-refractivity contribution is -0.192. The van der Waals surface area contributed by atoms with E-state index in [9.17, 15) is 13.2 Å². The highest BCUT2D eigenvalue weighted by Gasteiger charge is 2.44. The lowest BCUT2D eigenvalue weighted by Crippen LogP contribution is -2.45. The molecular formula is C22H31F3N2O3. The van der Waals surface area contributed by atoms with Gasteiger partial charge in [-0.15, -0.1) is 0 Å². The molecule has 3 heterocycles. The van der Waals surface area contributed by atoms with Gasteiger partial charge in [-0.2, -0.15) is 13.2 Å². The molecule has 1 N–H and O–H groups in total. The second kappa shape index (κ2) is 10.1. The number of carboxylic acid groups (broad SMARTS) is 1. The SMILES string of the molecule is O=C(O)C(F)(F)F.c1ccc(CCN2CCC3(CC2)CC(N2CCCC2)CO3)cc1. The summed E-state index contributed by atoms with van der Waals surface area (Å²) in [6.07, 6.45) is 2.59. The number of likely N-dealkylation sites (tertiary alicyclic amines) is 2.